The van der Waals surface area contributed by atoms with Crippen molar-refractivity contribution in [3.63, 3.8) is 0 Å². The minimum atomic E-state index is -2.53. The Kier molecular flexibility index (Phi) is 10.1. The first-order chi connectivity index (χ1) is 23.4. The summed E-state index contributed by atoms with van der Waals surface area (Å²) >= 11 is -2.53. The second kappa shape index (κ2) is 13.4. The third kappa shape index (κ3) is 7.77. The molecule has 0 saturated carbocycles. The lowest BCUT2D eigenvalue weighted by molar-refractivity contribution is 0.00578. The van der Waals surface area contributed by atoms with Gasteiger partial charge in [-0.1, -0.05) is 4.31 Å². The van der Waals surface area contributed by atoms with Crippen molar-refractivity contribution < 1.29 is 50.9 Å². The minimum absolute atomic E-state index is 0.0147. The number of rotatable bonds is 6. The van der Waals surface area contributed by atoms with Gasteiger partial charge < -0.3 is 23.3 Å². The van der Waals surface area contributed by atoms with Gasteiger partial charge >= 0.3 is 19.3 Å². The molecular formula is C34H42BF3N4O8S. The Hall–Kier alpha value is -3.64. The second-order valence-corrected chi connectivity index (χ2v) is 16.8. The van der Waals surface area contributed by atoms with Crippen LogP contribution in [0.3, 0.4) is 0 Å². The largest absolute Gasteiger partial charge is 0.573 e. The minimum Gasteiger partial charge on any atom is -0.573 e. The van der Waals surface area contributed by atoms with Crippen molar-refractivity contribution in [2.24, 2.45) is 0 Å². The summed E-state index contributed by atoms with van der Waals surface area (Å²) in [5.74, 6) is -4.08. The molecule has 1 aromatic carbocycles. The highest BCUT2D eigenvalue weighted by atomic mass is 32.2. The van der Waals surface area contributed by atoms with Gasteiger partial charge in [0.2, 0.25) is 5.78 Å². The standard InChI is InChI=1S/C34H42BF3N4O8S/c1-31(2,3)47-29(44)41-18-22(21-15-19(16-39-28(21)41)35-49-33(7,8)34(9,10)50-35)27(43)25-23(37)11-12-24(26(25)38)42(30(45)48-32(4,5)6)51(46)40-14-13-20(36)17-40/h11-12,15-16,18,20H,13-14,17H2,1-10H3. The van der Waals surface area contributed by atoms with Gasteiger partial charge in [-0.3, -0.25) is 4.79 Å². The first kappa shape index (κ1) is 38.6. The third-order valence-electron chi connectivity index (χ3n) is 8.57. The number of ketones is 1. The summed E-state index contributed by atoms with van der Waals surface area (Å²) in [7, 11) is -0.941. The van der Waals surface area contributed by atoms with Crippen molar-refractivity contribution in [1.82, 2.24) is 13.9 Å². The van der Waals surface area contributed by atoms with Crippen molar-refractivity contribution in [1.29, 1.82) is 0 Å². The SMILES string of the molecule is CC(C)(C)OC(=O)N(c1ccc(F)c(C(=O)c2cn(C(=O)OC(C)(C)C)c3ncc(B4OC(C)(C)C(C)(C)O4)cc23)c1F)[S+]([O-])N1CCC(F)C1. The molecule has 276 valence electrons. The van der Waals surface area contributed by atoms with E-state index < -0.39 is 88.1 Å². The molecule has 4 heterocycles. The van der Waals surface area contributed by atoms with Gasteiger partial charge in [-0.15, -0.1) is 4.31 Å². The van der Waals surface area contributed by atoms with Gasteiger partial charge in [0.1, 0.15) is 34.5 Å². The molecule has 2 aromatic heterocycles. The van der Waals surface area contributed by atoms with E-state index in [1.54, 1.807) is 20.8 Å². The fraction of sp³-hybridized carbons (Fsp3) is 0.529. The fourth-order valence-corrected chi connectivity index (χ4v) is 6.65. The van der Waals surface area contributed by atoms with Crippen LogP contribution in [0, 0.1) is 11.6 Å². The molecule has 0 spiro atoms. The number of nitrogens with zero attached hydrogens (tertiary/aromatic N) is 4. The quantitative estimate of drug-likeness (QED) is 0.169. The smallest absolute Gasteiger partial charge is 0.496 e. The van der Waals surface area contributed by atoms with Crippen LogP contribution in [-0.4, -0.2) is 85.2 Å². The number of ether oxygens (including phenoxy) is 2. The molecule has 5 rings (SSSR count). The van der Waals surface area contributed by atoms with E-state index in [1.807, 2.05) is 27.7 Å². The van der Waals surface area contributed by atoms with Gasteiger partial charge in [-0.25, -0.2) is 32.3 Å². The molecule has 1 amide bonds. The zero-order valence-corrected chi connectivity index (χ0v) is 31.1. The van der Waals surface area contributed by atoms with Crippen LogP contribution in [-0.2, 0) is 30.3 Å². The number of amides is 1. The number of pyridine rings is 1. The number of hydrogen-bond donors (Lipinski definition) is 0. The number of alkyl halides is 1. The summed E-state index contributed by atoms with van der Waals surface area (Å²) in [4.78, 5) is 45.4. The molecular weight excluding hydrogens is 692 g/mol. The zero-order valence-electron chi connectivity index (χ0n) is 30.3. The fourth-order valence-electron chi connectivity index (χ4n) is 5.40. The average Bonchev–Trinajstić information content (AvgIpc) is 3.65. The van der Waals surface area contributed by atoms with Crippen LogP contribution >= 0.6 is 0 Å². The average molecular weight is 735 g/mol. The van der Waals surface area contributed by atoms with Crippen LogP contribution in [0.5, 0.6) is 0 Å². The lowest BCUT2D eigenvalue weighted by atomic mass is 9.79. The van der Waals surface area contributed by atoms with Gasteiger partial charge in [-0.2, -0.15) is 0 Å². The van der Waals surface area contributed by atoms with Crippen LogP contribution in [0.15, 0.2) is 30.6 Å². The first-order valence-electron chi connectivity index (χ1n) is 16.4. The van der Waals surface area contributed by atoms with E-state index in [0.29, 0.717) is 9.77 Å². The topological polar surface area (TPSA) is 135 Å². The number of hydrogen-bond acceptors (Lipinski definition) is 10. The van der Waals surface area contributed by atoms with E-state index in [-0.39, 0.29) is 36.1 Å². The van der Waals surface area contributed by atoms with Crippen LogP contribution < -0.4 is 9.77 Å². The molecule has 2 aliphatic heterocycles. The number of carbonyl (C=O) groups excluding carboxylic acids is 3. The summed E-state index contributed by atoms with van der Waals surface area (Å²) in [6.07, 6.45) is -1.06. The number of carbonyl (C=O) groups is 3. The molecule has 2 atom stereocenters. The van der Waals surface area contributed by atoms with Gasteiger partial charge in [-0.05, 0) is 93.9 Å². The Bertz CT molecular complexity index is 1860. The van der Waals surface area contributed by atoms with Gasteiger partial charge in [0, 0.05) is 29.8 Å². The predicted octanol–water partition coefficient (Wildman–Crippen LogP) is 5.99. The van der Waals surface area contributed by atoms with Crippen LogP contribution in [0.1, 0.15) is 91.6 Å². The predicted molar refractivity (Wildman–Crippen MR) is 185 cm³/mol. The second-order valence-electron chi connectivity index (χ2n) is 15.5. The Morgan fingerprint density at radius 1 is 1.04 bits per heavy atom. The molecule has 0 aliphatic carbocycles. The summed E-state index contributed by atoms with van der Waals surface area (Å²) in [6, 6.07) is 3.05. The van der Waals surface area contributed by atoms with Crippen LogP contribution in [0.25, 0.3) is 11.0 Å². The molecule has 2 fully saturated rings. The Labute approximate surface area is 298 Å². The number of benzene rings is 1. The summed E-state index contributed by atoms with van der Waals surface area (Å²) in [5, 5.41) is 0.0147. The molecule has 2 unspecified atom stereocenters. The molecule has 51 heavy (non-hydrogen) atoms. The lowest BCUT2D eigenvalue weighted by Crippen LogP contribution is -2.48. The van der Waals surface area contributed by atoms with Gasteiger partial charge in [0.05, 0.1) is 28.9 Å². The Morgan fingerprint density at radius 3 is 2.20 bits per heavy atom. The van der Waals surface area contributed by atoms with E-state index >= 15 is 8.78 Å². The molecule has 0 bridgehead atoms. The third-order valence-corrected chi connectivity index (χ3v) is 10.0. The van der Waals surface area contributed by atoms with E-state index in [1.165, 1.54) is 33.0 Å². The highest BCUT2D eigenvalue weighted by Gasteiger charge is 2.52. The van der Waals surface area contributed by atoms with Gasteiger partial charge in [0.25, 0.3) is 0 Å². The number of halogens is 3. The maximum Gasteiger partial charge on any atom is 0.496 e. The highest BCUT2D eigenvalue weighted by Crippen LogP contribution is 2.37. The summed E-state index contributed by atoms with van der Waals surface area (Å²) < 4.78 is 85.8. The monoisotopic (exact) mass is 734 g/mol. The van der Waals surface area contributed by atoms with E-state index in [0.717, 1.165) is 27.2 Å². The molecule has 2 aliphatic rings. The first-order valence-corrected chi connectivity index (χ1v) is 17.4. The van der Waals surface area contributed by atoms with Crippen molar-refractivity contribution in [3.05, 3.63) is 53.4 Å². The van der Waals surface area contributed by atoms with Crippen molar-refractivity contribution in [2.45, 2.75) is 104 Å². The van der Waals surface area contributed by atoms with Crippen LogP contribution in [0.2, 0.25) is 0 Å². The Balaban J connectivity index is 1.66. The van der Waals surface area contributed by atoms with Crippen molar-refractivity contribution >= 4 is 58.8 Å². The lowest BCUT2D eigenvalue weighted by Gasteiger charge is -2.32. The zero-order chi connectivity index (χ0) is 38.0. The van der Waals surface area contributed by atoms with Crippen molar-refractivity contribution in [3.8, 4) is 0 Å². The van der Waals surface area contributed by atoms with Crippen molar-refractivity contribution in [2.75, 3.05) is 17.4 Å². The Morgan fingerprint density at radius 2 is 1.65 bits per heavy atom. The van der Waals surface area contributed by atoms with Gasteiger partial charge in [0.15, 0.2) is 17.4 Å². The normalized spacial score (nSPS) is 19.7. The maximum absolute atomic E-state index is 16.6. The van der Waals surface area contributed by atoms with E-state index in [4.69, 9.17) is 18.8 Å². The van der Waals surface area contributed by atoms with Crippen LogP contribution in [0.4, 0.5) is 28.4 Å². The number of aromatic nitrogens is 2. The molecule has 0 radical (unpaired) electrons. The van der Waals surface area contributed by atoms with E-state index in [9.17, 15) is 23.3 Å². The molecule has 0 N–H and O–H groups in total. The molecule has 2 saturated heterocycles. The summed E-state index contributed by atoms with van der Waals surface area (Å²) in [5.41, 5.74) is -5.47. The number of fused-ring (bicyclic) bond motifs is 1. The molecule has 3 aromatic rings. The number of anilines is 1. The maximum atomic E-state index is 16.6. The molecule has 12 nitrogen and oxygen atoms in total. The summed E-state index contributed by atoms with van der Waals surface area (Å²) in [6.45, 7) is 16.5. The molecule has 17 heteroatoms. The highest BCUT2D eigenvalue weighted by molar-refractivity contribution is 7.91. The van der Waals surface area contributed by atoms with E-state index in [2.05, 4.69) is 4.98 Å².